The maximum absolute atomic E-state index is 11.6. The number of amides is 1. The molecular weight excluding hydrogens is 2030 g/mol. The van der Waals surface area contributed by atoms with Gasteiger partial charge in [0.15, 0.2) is 0 Å². The summed E-state index contributed by atoms with van der Waals surface area (Å²) in [6.07, 6.45) is 35.9. The summed E-state index contributed by atoms with van der Waals surface area (Å²) in [5.74, 6) is 13.4. The number of nitrogen functional groups attached to an aromatic ring is 1. The van der Waals surface area contributed by atoms with Gasteiger partial charge in [-0.05, 0) is 192 Å². The minimum absolute atomic E-state index is 0. The number of benzene rings is 5. The van der Waals surface area contributed by atoms with Crippen molar-refractivity contribution in [2.45, 2.75) is 161 Å². The minimum atomic E-state index is -0.811. The number of primary amides is 1. The van der Waals surface area contributed by atoms with E-state index in [1.54, 1.807) is 54.4 Å². The second-order valence-electron chi connectivity index (χ2n) is 31.6. The predicted octanol–water partition coefficient (Wildman–Crippen LogP) is 9.21. The van der Waals surface area contributed by atoms with Crippen LogP contribution in [-0.2, 0) is 170 Å². The van der Waals surface area contributed by atoms with E-state index >= 15 is 0 Å². The molecule has 5 N–H and O–H groups in total. The monoisotopic (exact) mass is 2160 g/mol. The number of esters is 3. The number of carboxylic acid groups (broad SMARTS) is 1. The number of ether oxygens (including phenoxy) is 3. The van der Waals surface area contributed by atoms with Crippen LogP contribution in [0.5, 0.6) is 0 Å². The molecule has 0 saturated heterocycles. The molecule has 0 spiro atoms. The standard InChI is InChI=1S/C21H24N4O2.C21H20N4O2.C20H23N5O.C20H22N4O2.C16H13ClN2O2.C4H7N3.4CH4.7K.H/c2*1-15-12-22-20(10-16-13-23-25(2)14-16)24-19(15)9-8-17-6-4-5-7-18(17)11-21(26)27-3;1-14-11-22-20(9-15-12-23-25(2)13-15)24-18(14)8-7-16-5-3-4-6-17(16)10-19(21)26;1-14-11-21-19(9-15-12-22-24(2)13-15)23-18(14)8-7-16-5-3-4-6-17(16)10-20(25)26;1-11-10-18-16(17)19-14(11)8-7-12-5-3-4-6-13(12)9-15(20)21-2;1-7-3-4(5)2-6-7;;;;;;;;;;;;/h4-7,12-14H,8-11H2,1-3H3;4-7,12-14H,10-11H2,1-3H3;3-6,11-13H,7-10H2,1-2H3,(H2,21,26);3-6,11-13H,7-10H2,1-2H3,(H,25,26);3-6,10H,9H2,1-2H3;2-3H,5H2,1H3;4*1H4;;;;;;;;/q;;;;;;;;;;;;;;;;+1;-1. The van der Waals surface area contributed by atoms with E-state index in [0.717, 1.165) is 179 Å². The fraction of sp³-hybridized carbons (Fsp3) is 0.302. The van der Waals surface area contributed by atoms with Gasteiger partial charge in [0, 0.05) is 162 Å². The number of hydrogen-bond donors (Lipinski definition) is 3. The molecule has 728 valence electrons. The molecule has 1 amide bonds. The Bertz CT molecular complexity index is 6530. The molecule has 5 aromatic carbocycles. The van der Waals surface area contributed by atoms with Gasteiger partial charge in [0.05, 0.1) is 90.1 Å². The molecule has 10 heterocycles. The Morgan fingerprint density at radius 3 is 0.910 bits per heavy atom. The van der Waals surface area contributed by atoms with E-state index in [4.69, 9.17) is 52.6 Å². The summed E-state index contributed by atoms with van der Waals surface area (Å²) in [6, 6.07) is 38.6. The summed E-state index contributed by atoms with van der Waals surface area (Å²) in [6.45, 7) is 9.85. The van der Waals surface area contributed by atoms with Crippen LogP contribution >= 0.6 is 11.6 Å². The molecule has 39 heteroatoms. The number of halogens is 1. The number of aryl methyl sites for hydroxylation is 16. The fourth-order valence-corrected chi connectivity index (χ4v) is 13.9. The quantitative estimate of drug-likeness (QED) is 0.0142. The number of carbonyl (C=O) groups is 5. The first-order valence-corrected chi connectivity index (χ1v) is 94.4. The molecule has 0 saturated carbocycles. The Morgan fingerprint density at radius 2 is 0.621 bits per heavy atom. The van der Waals surface area contributed by atoms with E-state index in [1.165, 1.54) is 211 Å². The number of carbonyl (C=O) groups excluding carboxylic acids is 4. The first kappa shape index (κ1) is 137. The van der Waals surface area contributed by atoms with Gasteiger partial charge in [-0.15, -0.1) is 0 Å². The van der Waals surface area contributed by atoms with Gasteiger partial charge >= 0.3 is 265 Å². The molecule has 0 radical (unpaired) electrons. The number of anilines is 1. The first-order chi connectivity index (χ1) is 67.5. The van der Waals surface area contributed by atoms with E-state index in [2.05, 4.69) is 94.9 Å². The van der Waals surface area contributed by atoms with Crippen LogP contribution in [0.2, 0.25) is 5.28 Å². The van der Waals surface area contributed by atoms with Crippen LogP contribution in [0.25, 0.3) is 0 Å². The molecule has 0 bridgehead atoms. The number of carboxylic acids is 1. The van der Waals surface area contributed by atoms with Crippen molar-refractivity contribution >= 4 is 237 Å². The van der Waals surface area contributed by atoms with Crippen LogP contribution in [0, 0.1) is 58.3 Å². The fourth-order valence-electron chi connectivity index (χ4n) is 13.8. The van der Waals surface area contributed by atoms with Gasteiger partial charge in [-0.25, -0.2) is 49.8 Å². The van der Waals surface area contributed by atoms with Crippen molar-refractivity contribution in [1.82, 2.24) is 98.7 Å². The second-order valence-corrected chi connectivity index (χ2v) is 31.9. The predicted molar refractivity (Wildman–Crippen MR) is 571 cm³/mol. The van der Waals surface area contributed by atoms with Gasteiger partial charge in [0.1, 0.15) is 34.7 Å². The number of aromatic nitrogens is 20. The summed E-state index contributed by atoms with van der Waals surface area (Å²) < 4.78 is 23.0. The van der Waals surface area contributed by atoms with E-state index in [9.17, 15) is 24.0 Å². The molecular formula is C106H126ClK7N22O9. The third-order valence-corrected chi connectivity index (χ3v) is 21.0. The van der Waals surface area contributed by atoms with E-state index in [1.807, 2.05) is 247 Å². The molecule has 0 aliphatic rings. The van der Waals surface area contributed by atoms with E-state index in [-0.39, 0.29) is 137 Å². The number of methoxy groups -OCH3 is 3. The van der Waals surface area contributed by atoms with Crippen LogP contribution in [-0.4, -0.2) is 344 Å². The molecule has 0 fully saturated rings. The van der Waals surface area contributed by atoms with Gasteiger partial charge in [-0.2, -0.15) is 25.5 Å². The van der Waals surface area contributed by atoms with Crippen molar-refractivity contribution in [2.24, 2.45) is 41.0 Å². The van der Waals surface area contributed by atoms with Crippen molar-refractivity contribution in [2.75, 3.05) is 27.1 Å². The van der Waals surface area contributed by atoms with Crippen molar-refractivity contribution < 1.29 is 96.1 Å². The van der Waals surface area contributed by atoms with Crippen LogP contribution in [0.15, 0.2) is 214 Å². The third-order valence-electron chi connectivity index (χ3n) is 20.9. The molecule has 0 aliphatic heterocycles. The summed E-state index contributed by atoms with van der Waals surface area (Å²) in [7, 11) is 13.6. The molecule has 145 heavy (non-hydrogen) atoms. The molecule has 15 rings (SSSR count). The summed E-state index contributed by atoms with van der Waals surface area (Å²) in [5, 5.41) is 29.8. The topological polar surface area (TPSA) is 403 Å². The van der Waals surface area contributed by atoms with Crippen LogP contribution in [0.4, 0.5) is 5.69 Å². The van der Waals surface area contributed by atoms with Crippen LogP contribution in [0.1, 0.15) is 189 Å². The molecule has 0 unspecified atom stereocenters. The molecule has 0 aliphatic carbocycles. The average Bonchev–Trinajstić information content (AvgIpc) is 1.47. The van der Waals surface area contributed by atoms with Gasteiger partial charge in [-0.1, -0.05) is 151 Å². The Morgan fingerprint density at radius 1 is 0.352 bits per heavy atom. The molecule has 0 atom stereocenters. The van der Waals surface area contributed by atoms with Crippen molar-refractivity contribution in [1.29, 1.82) is 0 Å². The summed E-state index contributed by atoms with van der Waals surface area (Å²) in [5.41, 5.74) is 34.3. The zero-order chi connectivity index (χ0) is 102. The Hall–Kier alpha value is -4.44. The second kappa shape index (κ2) is 76.2. The third kappa shape index (κ3) is 51.0. The molecule has 10 aromatic heterocycles. The summed E-state index contributed by atoms with van der Waals surface area (Å²) >= 11 is 13.3. The number of nitrogens with zero attached hydrogens (tertiary/aromatic N) is 20. The SMILES string of the molecule is C.C.C.C.COC(=O)Cc1ccccc1C#Cc1nc(Cc2cnn(C)c2)ncc1C.COC(=O)Cc1ccccc1C#Cc1nc(Cl)ncc1C.COC(=O)Cc1ccccc1CCc1nc(Cc2cnn(C)c2)ncc1C.Cc1cnc(Cc2cnn(C)c2)nc1CCc1ccccc1CC(=O)O.Cc1cnc(Cc2cnn(C)c2)nc1CCc1ccccc1CC(N)=O.Cn1cc(N)cn1.[H-].[K+].[K][K].[K][K].[K][K]. The van der Waals surface area contributed by atoms with Gasteiger partial charge in [-0.3, -0.25) is 47.4 Å². The Balaban J connectivity index is 0.000000877. The Kier molecular flexibility index (Phi) is 71.8. The van der Waals surface area contributed by atoms with Crippen molar-refractivity contribution in [3.63, 3.8) is 0 Å². The number of nitrogens with two attached hydrogens (primary N) is 2. The number of rotatable bonds is 27. The normalized spacial score (nSPS) is 9.81. The molecule has 31 nitrogen and oxygen atoms in total. The van der Waals surface area contributed by atoms with Gasteiger partial charge < -0.3 is 32.2 Å². The Labute approximate surface area is 1040 Å². The maximum atomic E-state index is 11.6. The zero-order valence-electron chi connectivity index (χ0n) is 85.5. The number of hydrogen-bond acceptors (Lipinski definition) is 24. The molecule has 15 aromatic rings. The average molecular weight is 2160 g/mol. The van der Waals surface area contributed by atoms with Crippen LogP contribution < -0.4 is 62.9 Å². The summed E-state index contributed by atoms with van der Waals surface area (Å²) in [4.78, 5) is 101. The van der Waals surface area contributed by atoms with Gasteiger partial charge in [0.25, 0.3) is 0 Å². The zero-order valence-corrected chi connectivity index (χ0v) is 107. The van der Waals surface area contributed by atoms with Crippen molar-refractivity contribution in [3.05, 3.63) is 377 Å². The van der Waals surface area contributed by atoms with Crippen LogP contribution in [0.3, 0.4) is 0 Å². The number of aliphatic carboxylic acids is 1. The van der Waals surface area contributed by atoms with Gasteiger partial charge in [0.2, 0.25) is 11.2 Å². The van der Waals surface area contributed by atoms with Crippen molar-refractivity contribution in [3.8, 4) is 23.7 Å². The van der Waals surface area contributed by atoms with E-state index < -0.39 is 5.97 Å². The van der Waals surface area contributed by atoms with E-state index in [0.29, 0.717) is 55.0 Å². The first-order valence-electron chi connectivity index (χ1n) is 46.0.